The summed E-state index contributed by atoms with van der Waals surface area (Å²) >= 11 is 0. The minimum absolute atomic E-state index is 0.00434. The summed E-state index contributed by atoms with van der Waals surface area (Å²) in [6.07, 6.45) is 3.78. The second-order valence-corrected chi connectivity index (χ2v) is 6.75. The third-order valence-electron chi connectivity index (χ3n) is 5.05. The van der Waals surface area contributed by atoms with Gasteiger partial charge in [0.15, 0.2) is 5.69 Å². The Morgan fingerprint density at radius 2 is 1.88 bits per heavy atom. The predicted molar refractivity (Wildman–Crippen MR) is 101 cm³/mol. The molecule has 4 rings (SSSR count). The maximum Gasteiger partial charge on any atom is 0.280 e. The molecule has 0 aliphatic carbocycles. The number of amides is 1. The molecule has 3 aromatic rings. The van der Waals surface area contributed by atoms with Gasteiger partial charge in [-0.05, 0) is 43.4 Å². The van der Waals surface area contributed by atoms with E-state index in [9.17, 15) is 9.59 Å². The minimum atomic E-state index is -0.414. The Bertz CT molecular complexity index is 981. The van der Waals surface area contributed by atoms with Crippen LogP contribution in [0.2, 0.25) is 0 Å². The monoisotopic (exact) mass is 347 g/mol. The molecule has 1 aromatic heterocycles. The molecule has 0 spiro atoms. The molecule has 26 heavy (non-hydrogen) atoms. The number of aromatic nitrogens is 2. The molecule has 1 saturated heterocycles. The molecule has 1 fully saturated rings. The summed E-state index contributed by atoms with van der Waals surface area (Å²) in [5.41, 5.74) is 2.14. The van der Waals surface area contributed by atoms with Gasteiger partial charge in [0, 0.05) is 12.6 Å². The lowest BCUT2D eigenvalue weighted by Gasteiger charge is -2.24. The summed E-state index contributed by atoms with van der Waals surface area (Å²) < 4.78 is 0. The van der Waals surface area contributed by atoms with Gasteiger partial charge in [0.05, 0.1) is 11.0 Å². The van der Waals surface area contributed by atoms with E-state index in [1.807, 2.05) is 35.2 Å². The number of hydrogen-bond acceptors (Lipinski definition) is 3. The highest BCUT2D eigenvalue weighted by Crippen LogP contribution is 2.23. The van der Waals surface area contributed by atoms with Crippen LogP contribution in [0.1, 0.15) is 35.3 Å². The molecule has 1 aliphatic rings. The largest absolute Gasteiger partial charge is 0.334 e. The van der Waals surface area contributed by atoms with E-state index in [1.165, 1.54) is 5.56 Å². The van der Waals surface area contributed by atoms with E-state index in [0.717, 1.165) is 25.7 Å². The fourth-order valence-electron chi connectivity index (χ4n) is 3.69. The van der Waals surface area contributed by atoms with Gasteiger partial charge < -0.3 is 9.88 Å². The van der Waals surface area contributed by atoms with Crippen LogP contribution in [-0.4, -0.2) is 33.4 Å². The first kappa shape index (κ1) is 16.5. The lowest BCUT2D eigenvalue weighted by molar-refractivity contribution is 0.0723. The zero-order valence-electron chi connectivity index (χ0n) is 14.5. The van der Waals surface area contributed by atoms with Gasteiger partial charge in [0.1, 0.15) is 0 Å². The number of likely N-dealkylation sites (tertiary alicyclic amines) is 1. The van der Waals surface area contributed by atoms with Crippen molar-refractivity contribution in [3.05, 3.63) is 76.2 Å². The van der Waals surface area contributed by atoms with Gasteiger partial charge in [-0.15, -0.1) is 0 Å². The second kappa shape index (κ2) is 7.12. The Labute approximate surface area is 151 Å². The van der Waals surface area contributed by atoms with Crippen molar-refractivity contribution in [1.82, 2.24) is 14.9 Å². The Kier molecular flexibility index (Phi) is 4.52. The summed E-state index contributed by atoms with van der Waals surface area (Å²) in [7, 11) is 0. The molecule has 132 valence electrons. The number of hydrogen-bond donors (Lipinski definition) is 1. The highest BCUT2D eigenvalue weighted by molar-refractivity contribution is 5.94. The number of H-pyrrole nitrogens is 1. The molecule has 0 radical (unpaired) electrons. The molecule has 1 aliphatic heterocycles. The van der Waals surface area contributed by atoms with E-state index in [4.69, 9.17) is 0 Å². The van der Waals surface area contributed by atoms with Crippen LogP contribution in [0.15, 0.2) is 59.4 Å². The average molecular weight is 347 g/mol. The van der Waals surface area contributed by atoms with Gasteiger partial charge in [-0.2, -0.15) is 0 Å². The van der Waals surface area contributed by atoms with Crippen LogP contribution in [0, 0.1) is 0 Å². The summed E-state index contributed by atoms with van der Waals surface area (Å²) in [5.74, 6) is -0.257. The smallest absolute Gasteiger partial charge is 0.280 e. The van der Waals surface area contributed by atoms with E-state index >= 15 is 0 Å². The van der Waals surface area contributed by atoms with Crippen LogP contribution in [0.25, 0.3) is 11.0 Å². The maximum absolute atomic E-state index is 13.0. The standard InChI is InChI=1S/C21H21N3O2/c25-20-19(22-17-10-4-5-11-18(17)23-20)21(26)24-14-6-9-16(24)13-12-15-7-2-1-3-8-15/h1-5,7-8,10-11,16H,6,9,12-14H2,(H,23,25)/t16-/m0/s1. The highest BCUT2D eigenvalue weighted by Gasteiger charge is 2.31. The van der Waals surface area contributed by atoms with E-state index in [2.05, 4.69) is 22.1 Å². The molecule has 5 heteroatoms. The van der Waals surface area contributed by atoms with Crippen molar-refractivity contribution in [3.8, 4) is 0 Å². The number of carbonyl (C=O) groups is 1. The van der Waals surface area contributed by atoms with Gasteiger partial charge in [0.25, 0.3) is 11.5 Å². The van der Waals surface area contributed by atoms with Crippen LogP contribution in [-0.2, 0) is 6.42 Å². The lowest BCUT2D eigenvalue weighted by Crippen LogP contribution is -2.39. The van der Waals surface area contributed by atoms with Crippen molar-refractivity contribution in [3.63, 3.8) is 0 Å². The van der Waals surface area contributed by atoms with E-state index in [1.54, 1.807) is 12.1 Å². The number of fused-ring (bicyclic) bond motifs is 1. The molecule has 0 unspecified atom stereocenters. The summed E-state index contributed by atoms with van der Waals surface area (Å²) in [5, 5.41) is 0. The molecular weight excluding hydrogens is 326 g/mol. The molecular formula is C21H21N3O2. The third-order valence-corrected chi connectivity index (χ3v) is 5.05. The first-order chi connectivity index (χ1) is 12.7. The average Bonchev–Trinajstić information content (AvgIpc) is 3.15. The van der Waals surface area contributed by atoms with Crippen LogP contribution in [0.3, 0.4) is 0 Å². The van der Waals surface area contributed by atoms with Gasteiger partial charge in [0.2, 0.25) is 0 Å². The molecule has 1 atom stereocenters. The van der Waals surface area contributed by atoms with Crippen LogP contribution < -0.4 is 5.56 Å². The number of rotatable bonds is 4. The molecule has 2 aromatic carbocycles. The summed E-state index contributed by atoms with van der Waals surface area (Å²) in [6.45, 7) is 0.687. The van der Waals surface area contributed by atoms with Crippen molar-refractivity contribution < 1.29 is 4.79 Å². The maximum atomic E-state index is 13.0. The van der Waals surface area contributed by atoms with Gasteiger partial charge >= 0.3 is 0 Å². The predicted octanol–water partition coefficient (Wildman–Crippen LogP) is 3.16. The first-order valence-corrected chi connectivity index (χ1v) is 9.06. The number of para-hydroxylation sites is 2. The zero-order chi connectivity index (χ0) is 17.9. The zero-order valence-corrected chi connectivity index (χ0v) is 14.5. The fraction of sp³-hybridized carbons (Fsp3) is 0.286. The van der Waals surface area contributed by atoms with Crippen LogP contribution in [0.5, 0.6) is 0 Å². The van der Waals surface area contributed by atoms with E-state index in [-0.39, 0.29) is 17.6 Å². The number of nitrogens with zero attached hydrogens (tertiary/aromatic N) is 2. The second-order valence-electron chi connectivity index (χ2n) is 6.75. The quantitative estimate of drug-likeness (QED) is 0.788. The van der Waals surface area contributed by atoms with Crippen molar-refractivity contribution in [1.29, 1.82) is 0 Å². The number of benzene rings is 2. The Morgan fingerprint density at radius 3 is 2.73 bits per heavy atom. The molecule has 1 N–H and O–H groups in total. The number of aromatic amines is 1. The molecule has 0 saturated carbocycles. The summed E-state index contributed by atoms with van der Waals surface area (Å²) in [6, 6.07) is 17.7. The van der Waals surface area contributed by atoms with Crippen molar-refractivity contribution in [2.24, 2.45) is 0 Å². The minimum Gasteiger partial charge on any atom is -0.334 e. The number of carbonyl (C=O) groups excluding carboxylic acids is 1. The normalized spacial score (nSPS) is 16.9. The number of nitrogens with one attached hydrogen (secondary N) is 1. The topological polar surface area (TPSA) is 66.1 Å². The lowest BCUT2D eigenvalue weighted by atomic mass is 10.0. The van der Waals surface area contributed by atoms with Crippen molar-refractivity contribution in [2.45, 2.75) is 31.7 Å². The molecule has 1 amide bonds. The fourth-order valence-corrected chi connectivity index (χ4v) is 3.69. The Morgan fingerprint density at radius 1 is 1.12 bits per heavy atom. The molecule has 2 heterocycles. The SMILES string of the molecule is O=C(c1nc2ccccc2[nH]c1=O)N1CCC[C@H]1CCc1ccccc1. The van der Waals surface area contributed by atoms with Gasteiger partial charge in [-0.3, -0.25) is 9.59 Å². The van der Waals surface area contributed by atoms with Crippen LogP contribution in [0.4, 0.5) is 0 Å². The highest BCUT2D eigenvalue weighted by atomic mass is 16.2. The van der Waals surface area contributed by atoms with Crippen molar-refractivity contribution in [2.75, 3.05) is 6.54 Å². The molecule has 0 bridgehead atoms. The Balaban J connectivity index is 1.55. The summed E-state index contributed by atoms with van der Waals surface area (Å²) in [4.78, 5) is 34.3. The molecule has 5 nitrogen and oxygen atoms in total. The third kappa shape index (κ3) is 3.25. The van der Waals surface area contributed by atoms with E-state index in [0.29, 0.717) is 17.6 Å². The number of aryl methyl sites for hydroxylation is 1. The first-order valence-electron chi connectivity index (χ1n) is 9.06. The van der Waals surface area contributed by atoms with Gasteiger partial charge in [-0.25, -0.2) is 4.98 Å². The van der Waals surface area contributed by atoms with Crippen LogP contribution >= 0.6 is 0 Å². The van der Waals surface area contributed by atoms with E-state index < -0.39 is 5.56 Å². The van der Waals surface area contributed by atoms with Gasteiger partial charge in [-0.1, -0.05) is 42.5 Å². The Hall–Kier alpha value is -2.95. The van der Waals surface area contributed by atoms with Crippen molar-refractivity contribution >= 4 is 16.9 Å².